The summed E-state index contributed by atoms with van der Waals surface area (Å²) in [6.07, 6.45) is 1.86. The van der Waals surface area contributed by atoms with Crippen LogP contribution in [0.1, 0.15) is 42.9 Å². The molecule has 4 nitrogen and oxygen atoms in total. The van der Waals surface area contributed by atoms with Crippen molar-refractivity contribution in [2.24, 2.45) is 11.8 Å². The summed E-state index contributed by atoms with van der Waals surface area (Å²) in [7, 11) is 0. The minimum atomic E-state index is -0.584. The van der Waals surface area contributed by atoms with Crippen LogP contribution in [0.25, 0.3) is 0 Å². The minimum absolute atomic E-state index is 0.253. The Morgan fingerprint density at radius 1 is 1.30 bits per heavy atom. The molecule has 0 amide bonds. The van der Waals surface area contributed by atoms with Gasteiger partial charge in [-0.05, 0) is 51.6 Å². The Labute approximate surface area is 118 Å². The number of nitrogens with zero attached hydrogens (tertiary/aromatic N) is 2. The number of aliphatic hydroxyl groups is 1. The van der Waals surface area contributed by atoms with Crippen LogP contribution in [0, 0.1) is 24.6 Å². The van der Waals surface area contributed by atoms with Gasteiger partial charge in [-0.2, -0.15) is 0 Å². The van der Waals surface area contributed by atoms with Crippen molar-refractivity contribution in [2.45, 2.75) is 45.1 Å². The van der Waals surface area contributed by atoms with E-state index in [-0.39, 0.29) is 12.2 Å². The van der Waals surface area contributed by atoms with Gasteiger partial charge >= 0.3 is 0 Å². The van der Waals surface area contributed by atoms with Crippen molar-refractivity contribution in [1.82, 2.24) is 15.3 Å². The third-order valence-electron chi connectivity index (χ3n) is 4.61. The zero-order valence-electron chi connectivity index (χ0n) is 12.1. The lowest BCUT2D eigenvalue weighted by Crippen LogP contribution is -2.16. The maximum Gasteiger partial charge on any atom is 0.165 e. The lowest BCUT2D eigenvalue weighted by atomic mass is 10.0. The van der Waals surface area contributed by atoms with Crippen LogP contribution < -0.4 is 5.32 Å². The van der Waals surface area contributed by atoms with Crippen molar-refractivity contribution in [3.63, 3.8) is 0 Å². The van der Waals surface area contributed by atoms with Crippen LogP contribution >= 0.6 is 0 Å². The first-order chi connectivity index (χ1) is 9.54. The number of aryl methyl sites for hydroxylation is 1. The molecule has 2 fully saturated rings. The number of rotatable bonds is 3. The van der Waals surface area contributed by atoms with Crippen LogP contribution in [0.4, 0.5) is 4.39 Å². The van der Waals surface area contributed by atoms with Gasteiger partial charge in [0.2, 0.25) is 0 Å². The maximum absolute atomic E-state index is 14.0. The van der Waals surface area contributed by atoms with Crippen molar-refractivity contribution in [1.29, 1.82) is 0 Å². The van der Waals surface area contributed by atoms with E-state index in [4.69, 9.17) is 0 Å². The summed E-state index contributed by atoms with van der Waals surface area (Å²) in [5.74, 6) is 2.19. The van der Waals surface area contributed by atoms with E-state index in [1.807, 2.05) is 0 Å². The fourth-order valence-corrected chi connectivity index (χ4v) is 3.62. The van der Waals surface area contributed by atoms with Crippen LogP contribution in [0.5, 0.6) is 0 Å². The van der Waals surface area contributed by atoms with Crippen molar-refractivity contribution < 1.29 is 9.50 Å². The Bertz CT molecular complexity index is 494. The maximum atomic E-state index is 14.0. The summed E-state index contributed by atoms with van der Waals surface area (Å²) in [5.41, 5.74) is 0.763. The Morgan fingerprint density at radius 2 is 1.95 bits per heavy atom. The van der Waals surface area contributed by atoms with E-state index in [9.17, 15) is 9.50 Å². The first-order valence-electron chi connectivity index (χ1n) is 7.46. The molecule has 1 aliphatic heterocycles. The smallest absolute Gasteiger partial charge is 0.165 e. The number of nitrogens with one attached hydrogen (secondary N) is 1. The number of hydrogen-bond acceptors (Lipinski definition) is 4. The molecule has 2 N–H and O–H groups in total. The Kier molecular flexibility index (Phi) is 3.73. The van der Waals surface area contributed by atoms with Crippen molar-refractivity contribution in [3.8, 4) is 0 Å². The third-order valence-corrected chi connectivity index (χ3v) is 4.61. The summed E-state index contributed by atoms with van der Waals surface area (Å²) in [4.78, 5) is 8.78. The van der Waals surface area contributed by atoms with Crippen LogP contribution in [-0.2, 0) is 6.42 Å². The van der Waals surface area contributed by atoms with E-state index in [0.29, 0.717) is 29.1 Å². The Morgan fingerprint density at radius 3 is 2.55 bits per heavy atom. The average molecular weight is 279 g/mol. The fourth-order valence-electron chi connectivity index (χ4n) is 3.62. The molecular weight excluding hydrogens is 257 g/mol. The van der Waals surface area contributed by atoms with Crippen LogP contribution in [0.2, 0.25) is 0 Å². The number of halogens is 1. The highest BCUT2D eigenvalue weighted by molar-refractivity contribution is 5.17. The fraction of sp³-hybridized carbons (Fsp3) is 0.733. The molecule has 0 aromatic carbocycles. The van der Waals surface area contributed by atoms with Crippen LogP contribution in [0.15, 0.2) is 0 Å². The van der Waals surface area contributed by atoms with E-state index in [1.54, 1.807) is 13.8 Å². The molecule has 3 rings (SSSR count). The predicted molar refractivity (Wildman–Crippen MR) is 73.9 cm³/mol. The Balaban J connectivity index is 1.85. The predicted octanol–water partition coefficient (Wildman–Crippen LogP) is 1.56. The highest BCUT2D eigenvalue weighted by Crippen LogP contribution is 2.43. The van der Waals surface area contributed by atoms with Gasteiger partial charge in [-0.15, -0.1) is 0 Å². The van der Waals surface area contributed by atoms with E-state index in [1.165, 1.54) is 0 Å². The lowest BCUT2D eigenvalue weighted by Gasteiger charge is -2.14. The largest absolute Gasteiger partial charge is 0.393 e. The summed E-state index contributed by atoms with van der Waals surface area (Å²) in [5, 5.41) is 12.9. The molecule has 2 aliphatic rings. The third kappa shape index (κ3) is 2.56. The van der Waals surface area contributed by atoms with Gasteiger partial charge in [0.1, 0.15) is 5.82 Å². The van der Waals surface area contributed by atoms with Crippen molar-refractivity contribution in [3.05, 3.63) is 23.0 Å². The second-order valence-corrected chi connectivity index (χ2v) is 6.33. The highest BCUT2D eigenvalue weighted by atomic mass is 19.1. The summed E-state index contributed by atoms with van der Waals surface area (Å²) in [6.45, 7) is 5.51. The summed E-state index contributed by atoms with van der Waals surface area (Å²) in [6, 6.07) is 0. The lowest BCUT2D eigenvalue weighted by molar-refractivity contribution is 0.192. The number of aromatic nitrogens is 2. The quantitative estimate of drug-likeness (QED) is 0.881. The standard InChI is InChI=1S/C15H22FN3O/c1-8(20)3-13-14(16)9(2)18-15(19-13)10-4-11-6-17-7-12(11)5-10/h8,10-12,17,20H,3-7H2,1-2H3. The molecule has 20 heavy (non-hydrogen) atoms. The molecule has 3 atom stereocenters. The van der Waals surface area contributed by atoms with Crippen LogP contribution in [0.3, 0.4) is 0 Å². The molecular formula is C15H22FN3O. The second-order valence-electron chi connectivity index (χ2n) is 6.33. The zero-order chi connectivity index (χ0) is 14.3. The molecule has 1 aliphatic carbocycles. The van der Waals surface area contributed by atoms with Gasteiger partial charge in [0.05, 0.1) is 17.5 Å². The Hall–Kier alpha value is -1.07. The van der Waals surface area contributed by atoms with E-state index < -0.39 is 6.10 Å². The summed E-state index contributed by atoms with van der Waals surface area (Å²) < 4.78 is 14.0. The molecule has 0 bridgehead atoms. The first-order valence-corrected chi connectivity index (χ1v) is 7.46. The SMILES string of the molecule is Cc1nc(C2CC3CNCC3C2)nc(CC(C)O)c1F. The molecule has 0 radical (unpaired) electrons. The van der Waals surface area contributed by atoms with Gasteiger partial charge in [0.15, 0.2) is 5.82 Å². The molecule has 1 saturated heterocycles. The van der Waals surface area contributed by atoms with Crippen molar-refractivity contribution in [2.75, 3.05) is 13.1 Å². The molecule has 110 valence electrons. The second kappa shape index (κ2) is 5.37. The monoisotopic (exact) mass is 279 g/mol. The van der Waals surface area contributed by atoms with Gasteiger partial charge in [0, 0.05) is 12.3 Å². The van der Waals surface area contributed by atoms with E-state index in [0.717, 1.165) is 31.8 Å². The minimum Gasteiger partial charge on any atom is -0.393 e. The average Bonchev–Trinajstić information content (AvgIpc) is 2.94. The van der Waals surface area contributed by atoms with E-state index >= 15 is 0 Å². The first kappa shape index (κ1) is 13.9. The van der Waals surface area contributed by atoms with Gasteiger partial charge in [-0.25, -0.2) is 14.4 Å². The van der Waals surface area contributed by atoms with Gasteiger partial charge in [0.25, 0.3) is 0 Å². The number of hydrogen-bond donors (Lipinski definition) is 2. The van der Waals surface area contributed by atoms with Gasteiger partial charge in [-0.1, -0.05) is 0 Å². The number of aliphatic hydroxyl groups excluding tert-OH is 1. The molecule has 1 aromatic heterocycles. The molecule has 1 aromatic rings. The molecule has 2 heterocycles. The normalized spacial score (nSPS) is 30.5. The van der Waals surface area contributed by atoms with Gasteiger partial charge in [-0.3, -0.25) is 0 Å². The van der Waals surface area contributed by atoms with E-state index in [2.05, 4.69) is 15.3 Å². The topological polar surface area (TPSA) is 58.0 Å². The molecule has 3 unspecified atom stereocenters. The summed E-state index contributed by atoms with van der Waals surface area (Å²) >= 11 is 0. The highest BCUT2D eigenvalue weighted by Gasteiger charge is 2.39. The zero-order valence-corrected chi connectivity index (χ0v) is 12.1. The van der Waals surface area contributed by atoms with Crippen LogP contribution in [-0.4, -0.2) is 34.3 Å². The molecule has 0 spiro atoms. The van der Waals surface area contributed by atoms with Gasteiger partial charge < -0.3 is 10.4 Å². The van der Waals surface area contributed by atoms with Crippen molar-refractivity contribution >= 4 is 0 Å². The molecule has 1 saturated carbocycles. The molecule has 5 heteroatoms. The number of fused-ring (bicyclic) bond motifs is 1.